The number of allylic oxidation sites excluding steroid dienone is 2. The van der Waals surface area contributed by atoms with E-state index in [1.807, 2.05) is 6.08 Å². The Morgan fingerprint density at radius 3 is 2.52 bits per heavy atom. The van der Waals surface area contributed by atoms with Gasteiger partial charge in [0, 0.05) is 18.5 Å². The maximum absolute atomic E-state index is 4.03. The average Bonchev–Trinajstić information content (AvgIpc) is 2.39. The van der Waals surface area contributed by atoms with Gasteiger partial charge in [0.05, 0.1) is 0 Å². The molecule has 0 unspecified atom stereocenters. The summed E-state index contributed by atoms with van der Waals surface area (Å²) in [7, 11) is 2.13. The first-order chi connectivity index (χ1) is 10.2. The lowest BCUT2D eigenvalue weighted by atomic mass is 9.98. The van der Waals surface area contributed by atoms with E-state index in [1.54, 1.807) is 0 Å². The molecule has 0 atom stereocenters. The second kappa shape index (κ2) is 9.60. The van der Waals surface area contributed by atoms with E-state index in [0.29, 0.717) is 0 Å². The summed E-state index contributed by atoms with van der Waals surface area (Å²) in [6, 6.07) is 6.57. The first-order valence-electron chi connectivity index (χ1n) is 7.81. The van der Waals surface area contributed by atoms with Gasteiger partial charge in [-0.25, -0.2) is 0 Å². The third-order valence-electron chi connectivity index (χ3n) is 3.35. The number of aryl methyl sites for hydroxylation is 1. The highest BCUT2D eigenvalue weighted by molar-refractivity contribution is 5.85. The highest BCUT2D eigenvalue weighted by atomic mass is 35.5. The molecule has 0 fully saturated rings. The van der Waals surface area contributed by atoms with Gasteiger partial charge in [0.2, 0.25) is 0 Å². The summed E-state index contributed by atoms with van der Waals surface area (Å²) in [4.78, 5) is 2.29. The molecule has 2 heteroatoms. The van der Waals surface area contributed by atoms with E-state index in [9.17, 15) is 0 Å². The third kappa shape index (κ3) is 8.65. The maximum Gasteiger partial charge on any atom is 0.0236 e. The van der Waals surface area contributed by atoms with Crippen LogP contribution in [0.5, 0.6) is 0 Å². The quantitative estimate of drug-likeness (QED) is 0.645. The van der Waals surface area contributed by atoms with Crippen LogP contribution in [0, 0.1) is 24.2 Å². The Morgan fingerprint density at radius 1 is 1.30 bits per heavy atom. The standard InChI is InChI=1S/C21H29N.ClH/c1-17(2)19-12-11-18(3)20(15-19)16-22(7)14-10-8-9-13-21(4,5)6;/h8,10-12,15H,1,14,16H2,2-7H3;1H/b10-8+;. The largest absolute Gasteiger partial charge is 0.298 e. The first kappa shape index (κ1) is 21.5. The molecule has 0 aliphatic heterocycles. The number of halogens is 1. The van der Waals surface area contributed by atoms with E-state index < -0.39 is 0 Å². The smallest absolute Gasteiger partial charge is 0.0236 e. The van der Waals surface area contributed by atoms with Crippen LogP contribution in [0.2, 0.25) is 0 Å². The molecule has 0 aliphatic carbocycles. The number of hydrogen-bond acceptors (Lipinski definition) is 1. The molecule has 0 bridgehead atoms. The van der Waals surface area contributed by atoms with Gasteiger partial charge in [0.1, 0.15) is 0 Å². The van der Waals surface area contributed by atoms with E-state index >= 15 is 0 Å². The van der Waals surface area contributed by atoms with Gasteiger partial charge in [-0.05, 0) is 70.5 Å². The predicted octanol–water partition coefficient (Wildman–Crippen LogP) is 5.49. The Bertz CT molecular complexity index is 609. The molecule has 126 valence electrons. The van der Waals surface area contributed by atoms with Gasteiger partial charge in [-0.2, -0.15) is 0 Å². The van der Waals surface area contributed by atoms with Crippen molar-refractivity contribution in [3.05, 3.63) is 53.6 Å². The molecule has 1 aromatic rings. The summed E-state index contributed by atoms with van der Waals surface area (Å²) in [5.41, 5.74) is 5.09. The van der Waals surface area contributed by atoms with Gasteiger partial charge in [0.25, 0.3) is 0 Å². The molecule has 0 aliphatic rings. The normalized spacial score (nSPS) is 11.1. The number of likely N-dealkylation sites (N-methyl/N-ethyl adjacent to an activating group) is 1. The Hall–Kier alpha value is -1.49. The fourth-order valence-electron chi connectivity index (χ4n) is 2.01. The van der Waals surface area contributed by atoms with E-state index in [-0.39, 0.29) is 17.8 Å². The van der Waals surface area contributed by atoms with Crippen molar-refractivity contribution in [1.82, 2.24) is 4.90 Å². The number of nitrogens with zero attached hydrogens (tertiary/aromatic N) is 1. The van der Waals surface area contributed by atoms with Crippen molar-refractivity contribution < 1.29 is 0 Å². The Morgan fingerprint density at radius 2 is 1.96 bits per heavy atom. The average molecular weight is 332 g/mol. The molecule has 1 nitrogen and oxygen atoms in total. The molecule has 1 aromatic carbocycles. The van der Waals surface area contributed by atoms with Crippen molar-refractivity contribution in [1.29, 1.82) is 0 Å². The van der Waals surface area contributed by atoms with Crippen molar-refractivity contribution >= 4 is 18.0 Å². The SMILES string of the molecule is C=C(C)c1ccc(C)c(CN(C)C/C=C/C#CC(C)(C)C)c1.Cl. The molecule has 0 saturated carbocycles. The van der Waals surface area contributed by atoms with Gasteiger partial charge in [0.15, 0.2) is 0 Å². The third-order valence-corrected chi connectivity index (χ3v) is 3.35. The van der Waals surface area contributed by atoms with Crippen molar-refractivity contribution in [2.45, 2.75) is 41.2 Å². The zero-order chi connectivity index (χ0) is 16.8. The maximum atomic E-state index is 4.03. The summed E-state index contributed by atoms with van der Waals surface area (Å²) in [5.74, 6) is 6.32. The lowest BCUT2D eigenvalue weighted by Crippen LogP contribution is -2.18. The van der Waals surface area contributed by atoms with Crippen LogP contribution in [0.1, 0.15) is 44.4 Å². The summed E-state index contributed by atoms with van der Waals surface area (Å²) in [5, 5.41) is 0. The summed E-state index contributed by atoms with van der Waals surface area (Å²) >= 11 is 0. The van der Waals surface area contributed by atoms with Gasteiger partial charge in [-0.15, -0.1) is 12.4 Å². The van der Waals surface area contributed by atoms with Crippen LogP contribution in [0.25, 0.3) is 5.57 Å². The van der Waals surface area contributed by atoms with Gasteiger partial charge in [-0.3, -0.25) is 4.90 Å². The van der Waals surface area contributed by atoms with Gasteiger partial charge < -0.3 is 0 Å². The highest BCUT2D eigenvalue weighted by Crippen LogP contribution is 2.18. The van der Waals surface area contributed by atoms with Crippen LogP contribution in [0.15, 0.2) is 36.9 Å². The lowest BCUT2D eigenvalue weighted by Gasteiger charge is -2.17. The topological polar surface area (TPSA) is 3.24 Å². The lowest BCUT2D eigenvalue weighted by molar-refractivity contribution is 0.362. The van der Waals surface area contributed by atoms with Crippen molar-refractivity contribution in [3.8, 4) is 11.8 Å². The number of hydrogen-bond donors (Lipinski definition) is 0. The van der Waals surface area contributed by atoms with Crippen molar-refractivity contribution in [2.75, 3.05) is 13.6 Å². The zero-order valence-electron chi connectivity index (χ0n) is 15.4. The zero-order valence-corrected chi connectivity index (χ0v) is 16.2. The van der Waals surface area contributed by atoms with Crippen molar-refractivity contribution in [2.24, 2.45) is 5.41 Å². The fourth-order valence-corrected chi connectivity index (χ4v) is 2.01. The summed E-state index contributed by atoms with van der Waals surface area (Å²) in [6.07, 6.45) is 4.08. The molecule has 0 radical (unpaired) electrons. The van der Waals surface area contributed by atoms with Crippen LogP contribution in [-0.2, 0) is 6.54 Å². The molecule has 23 heavy (non-hydrogen) atoms. The van der Waals surface area contributed by atoms with Gasteiger partial charge in [-0.1, -0.05) is 42.2 Å². The minimum absolute atomic E-state index is 0. The minimum atomic E-state index is 0. The van der Waals surface area contributed by atoms with Crippen LogP contribution >= 0.6 is 12.4 Å². The first-order valence-corrected chi connectivity index (χ1v) is 7.81. The number of rotatable bonds is 5. The summed E-state index contributed by atoms with van der Waals surface area (Å²) in [6.45, 7) is 16.4. The Labute approximate surface area is 148 Å². The predicted molar refractivity (Wildman–Crippen MR) is 106 cm³/mol. The molecule has 0 amide bonds. The molecule has 0 heterocycles. The molecule has 0 saturated heterocycles. The van der Waals surface area contributed by atoms with E-state index in [1.165, 1.54) is 16.7 Å². The monoisotopic (exact) mass is 331 g/mol. The fraction of sp³-hybridized carbons (Fsp3) is 0.429. The molecular formula is C21H30ClN. The molecule has 0 aromatic heterocycles. The van der Waals surface area contributed by atoms with Crippen LogP contribution < -0.4 is 0 Å². The Kier molecular flexibility index (Phi) is 8.98. The van der Waals surface area contributed by atoms with Gasteiger partial charge >= 0.3 is 0 Å². The molecule has 0 N–H and O–H groups in total. The number of benzene rings is 1. The molecule has 1 rings (SSSR count). The molecular weight excluding hydrogens is 302 g/mol. The van der Waals surface area contributed by atoms with Crippen LogP contribution in [-0.4, -0.2) is 18.5 Å². The van der Waals surface area contributed by atoms with Crippen molar-refractivity contribution in [3.63, 3.8) is 0 Å². The second-order valence-corrected chi connectivity index (χ2v) is 7.04. The molecule has 0 spiro atoms. The van der Waals surface area contributed by atoms with E-state index in [0.717, 1.165) is 18.7 Å². The van der Waals surface area contributed by atoms with E-state index in [4.69, 9.17) is 0 Å². The second-order valence-electron chi connectivity index (χ2n) is 7.04. The minimum Gasteiger partial charge on any atom is -0.298 e. The highest BCUT2D eigenvalue weighted by Gasteiger charge is 2.04. The van der Waals surface area contributed by atoms with E-state index in [2.05, 4.69) is 89.3 Å². The summed E-state index contributed by atoms with van der Waals surface area (Å²) < 4.78 is 0. The van der Waals surface area contributed by atoms with Crippen LogP contribution in [0.4, 0.5) is 0 Å². The Balaban J connectivity index is 0.00000484. The van der Waals surface area contributed by atoms with Crippen LogP contribution in [0.3, 0.4) is 0 Å².